The van der Waals surface area contributed by atoms with Crippen LogP contribution >= 0.6 is 24.0 Å². The van der Waals surface area contributed by atoms with E-state index < -0.39 is 0 Å². The van der Waals surface area contributed by atoms with Crippen molar-refractivity contribution in [3.05, 3.63) is 65.7 Å². The predicted octanol–water partition coefficient (Wildman–Crippen LogP) is 3.37. The summed E-state index contributed by atoms with van der Waals surface area (Å²) in [6, 6.07) is 18.3. The molecule has 0 aliphatic carbocycles. The lowest BCUT2D eigenvalue weighted by atomic mass is 10.1. The quantitative estimate of drug-likeness (QED) is 0.449. The number of thioether (sulfide) groups is 1. The smallest absolute Gasteiger partial charge is 0.233 e. The number of anilines is 1. The fraction of sp³-hybridized carbons (Fsp3) is 0.423. The number of carbonyl (C=O) groups excluding carboxylic acids is 2. The van der Waals surface area contributed by atoms with Crippen LogP contribution in [0.4, 0.5) is 5.69 Å². The minimum atomic E-state index is 0.0754. The van der Waals surface area contributed by atoms with Crippen LogP contribution in [-0.2, 0) is 11.3 Å². The highest BCUT2D eigenvalue weighted by Crippen LogP contribution is 2.19. The summed E-state index contributed by atoms with van der Waals surface area (Å²) in [7, 11) is 0. The van der Waals surface area contributed by atoms with Crippen LogP contribution in [0.3, 0.4) is 0 Å². The van der Waals surface area contributed by atoms with Crippen LogP contribution in [0, 0.1) is 0 Å². The topological polar surface area (TPSA) is 47.1 Å². The van der Waals surface area contributed by atoms with Gasteiger partial charge in [-0.3, -0.25) is 14.5 Å². The Morgan fingerprint density at radius 2 is 1.44 bits per heavy atom. The maximum absolute atomic E-state index is 12.8. The fourth-order valence-electron chi connectivity index (χ4n) is 4.36. The number of carbonyl (C=O) groups is 2. The van der Waals surface area contributed by atoms with Crippen molar-refractivity contribution in [2.45, 2.75) is 13.5 Å². The molecule has 180 valence electrons. The number of rotatable bonds is 6. The summed E-state index contributed by atoms with van der Waals surface area (Å²) in [4.78, 5) is 33.1. The van der Waals surface area contributed by atoms with Gasteiger partial charge >= 0.3 is 0 Å². The van der Waals surface area contributed by atoms with Crippen molar-refractivity contribution in [2.75, 3.05) is 63.0 Å². The van der Waals surface area contributed by atoms with E-state index in [1.807, 2.05) is 35.2 Å². The number of piperazine rings is 2. The fourth-order valence-corrected chi connectivity index (χ4v) is 5.51. The Hall–Kier alpha value is -2.42. The number of ketones is 1. The Labute approximate surface area is 211 Å². The third-order valence-electron chi connectivity index (χ3n) is 6.47. The van der Waals surface area contributed by atoms with Gasteiger partial charge in [-0.05, 0) is 36.8 Å². The minimum Gasteiger partial charge on any atom is -0.368 e. The monoisotopic (exact) mass is 496 g/mol. The van der Waals surface area contributed by atoms with Crippen LogP contribution in [0.1, 0.15) is 22.8 Å². The van der Waals surface area contributed by atoms with Crippen molar-refractivity contribution in [2.24, 2.45) is 0 Å². The van der Waals surface area contributed by atoms with Crippen molar-refractivity contribution >= 4 is 45.7 Å². The Balaban J connectivity index is 1.16. The molecule has 2 aliphatic rings. The highest BCUT2D eigenvalue weighted by Gasteiger charge is 2.24. The largest absolute Gasteiger partial charge is 0.368 e. The summed E-state index contributed by atoms with van der Waals surface area (Å²) in [5.74, 6) is 0.629. The summed E-state index contributed by atoms with van der Waals surface area (Å²) in [6.07, 6.45) is 0. The number of benzene rings is 2. The molecule has 1 amide bonds. The molecular weight excluding hydrogens is 464 g/mol. The molecule has 34 heavy (non-hydrogen) atoms. The maximum atomic E-state index is 12.8. The Morgan fingerprint density at radius 1 is 0.824 bits per heavy atom. The first-order valence-electron chi connectivity index (χ1n) is 11.8. The number of amides is 1. The molecule has 2 heterocycles. The van der Waals surface area contributed by atoms with Crippen LogP contribution in [0.15, 0.2) is 54.6 Å². The van der Waals surface area contributed by atoms with E-state index in [1.54, 1.807) is 6.92 Å². The molecule has 0 aromatic heterocycles. The van der Waals surface area contributed by atoms with E-state index in [0.29, 0.717) is 18.8 Å². The molecule has 0 unspecified atom stereocenters. The van der Waals surface area contributed by atoms with Gasteiger partial charge < -0.3 is 14.7 Å². The maximum Gasteiger partial charge on any atom is 0.233 e. The SMILES string of the molecule is CC(=O)c1ccc(N2CCN(C(=O)CSC(=S)N3CCN(Cc4ccccc4)CC3)CC2)cc1. The zero-order valence-electron chi connectivity index (χ0n) is 19.7. The summed E-state index contributed by atoms with van der Waals surface area (Å²) in [6.45, 7) is 9.35. The molecule has 0 spiro atoms. The third-order valence-corrected chi connectivity index (χ3v) is 7.98. The molecule has 2 aromatic rings. The summed E-state index contributed by atoms with van der Waals surface area (Å²) < 4.78 is 0.830. The summed E-state index contributed by atoms with van der Waals surface area (Å²) in [5, 5.41) is 0. The predicted molar refractivity (Wildman–Crippen MR) is 144 cm³/mol. The van der Waals surface area contributed by atoms with Crippen molar-refractivity contribution in [3.8, 4) is 0 Å². The van der Waals surface area contributed by atoms with Crippen LogP contribution in [-0.4, -0.2) is 88.8 Å². The van der Waals surface area contributed by atoms with Gasteiger partial charge in [-0.1, -0.05) is 54.3 Å². The van der Waals surface area contributed by atoms with Crippen molar-refractivity contribution in [3.63, 3.8) is 0 Å². The molecule has 2 saturated heterocycles. The van der Waals surface area contributed by atoms with Gasteiger partial charge in [-0.25, -0.2) is 0 Å². The normalized spacial score (nSPS) is 17.0. The van der Waals surface area contributed by atoms with Gasteiger partial charge in [-0.15, -0.1) is 0 Å². The van der Waals surface area contributed by atoms with E-state index in [4.69, 9.17) is 12.2 Å². The van der Waals surface area contributed by atoms with Crippen molar-refractivity contribution < 1.29 is 9.59 Å². The van der Waals surface area contributed by atoms with Gasteiger partial charge in [0.2, 0.25) is 5.91 Å². The molecule has 0 atom stereocenters. The average molecular weight is 497 g/mol. The molecule has 2 aliphatic heterocycles. The third kappa shape index (κ3) is 6.58. The number of Topliss-reactive ketones (excluding diaryl/α,β-unsaturated/α-hetero) is 1. The van der Waals surface area contributed by atoms with Gasteiger partial charge in [0.05, 0.1) is 5.75 Å². The number of thiocarbonyl (C=S) groups is 1. The van der Waals surface area contributed by atoms with Crippen LogP contribution < -0.4 is 4.90 Å². The van der Waals surface area contributed by atoms with Crippen LogP contribution in [0.2, 0.25) is 0 Å². The van der Waals surface area contributed by atoms with Gasteiger partial charge in [-0.2, -0.15) is 0 Å². The van der Waals surface area contributed by atoms with E-state index in [2.05, 4.69) is 39.0 Å². The molecular formula is C26H32N4O2S2. The van der Waals surface area contributed by atoms with Crippen LogP contribution in [0.5, 0.6) is 0 Å². The molecule has 2 fully saturated rings. The van der Waals surface area contributed by atoms with Crippen molar-refractivity contribution in [1.29, 1.82) is 0 Å². The number of hydrogen-bond donors (Lipinski definition) is 0. The zero-order valence-corrected chi connectivity index (χ0v) is 21.3. The minimum absolute atomic E-state index is 0.0754. The number of hydrogen-bond acceptors (Lipinski definition) is 6. The highest BCUT2D eigenvalue weighted by atomic mass is 32.2. The molecule has 0 saturated carbocycles. The first kappa shape index (κ1) is 24.7. The Kier molecular flexibility index (Phi) is 8.59. The molecule has 2 aromatic carbocycles. The van der Waals surface area contributed by atoms with Crippen LogP contribution in [0.25, 0.3) is 0 Å². The van der Waals surface area contributed by atoms with E-state index in [-0.39, 0.29) is 11.7 Å². The zero-order chi connectivity index (χ0) is 23.9. The first-order chi connectivity index (χ1) is 16.5. The van der Waals surface area contributed by atoms with Gasteiger partial charge in [0.25, 0.3) is 0 Å². The highest BCUT2D eigenvalue weighted by molar-refractivity contribution is 8.23. The van der Waals surface area contributed by atoms with Gasteiger partial charge in [0.1, 0.15) is 4.32 Å². The van der Waals surface area contributed by atoms with Gasteiger partial charge in [0, 0.05) is 70.2 Å². The first-order valence-corrected chi connectivity index (χ1v) is 13.2. The second kappa shape index (κ2) is 11.8. The molecule has 8 heteroatoms. The average Bonchev–Trinajstić information content (AvgIpc) is 2.88. The molecule has 4 rings (SSSR count). The van der Waals surface area contributed by atoms with E-state index in [1.165, 1.54) is 17.3 Å². The summed E-state index contributed by atoms with van der Waals surface area (Å²) >= 11 is 7.13. The second-order valence-corrected chi connectivity index (χ2v) is 10.4. The van der Waals surface area contributed by atoms with Crippen molar-refractivity contribution in [1.82, 2.24) is 14.7 Å². The van der Waals surface area contributed by atoms with E-state index >= 15 is 0 Å². The van der Waals surface area contributed by atoms with Gasteiger partial charge in [0.15, 0.2) is 5.78 Å². The Bertz CT molecular complexity index is 984. The Morgan fingerprint density at radius 3 is 2.06 bits per heavy atom. The molecule has 0 bridgehead atoms. The lowest BCUT2D eigenvalue weighted by Crippen LogP contribution is -2.50. The molecule has 6 nitrogen and oxygen atoms in total. The molecule has 0 N–H and O–H groups in total. The lowest BCUT2D eigenvalue weighted by molar-refractivity contribution is -0.128. The standard InChI is InChI=1S/C26H32N4O2S2/c1-21(31)23-7-9-24(10-8-23)28-15-17-29(18-16-28)25(32)20-34-26(33)30-13-11-27(12-14-30)19-22-5-3-2-4-6-22/h2-10H,11-20H2,1H3. The second-order valence-electron chi connectivity index (χ2n) is 8.77. The summed E-state index contributed by atoms with van der Waals surface area (Å²) in [5.41, 5.74) is 3.16. The number of nitrogens with zero attached hydrogens (tertiary/aromatic N) is 4. The van der Waals surface area contributed by atoms with E-state index in [0.717, 1.165) is 61.4 Å². The molecule has 0 radical (unpaired) electrons. The van der Waals surface area contributed by atoms with E-state index in [9.17, 15) is 9.59 Å². The lowest BCUT2D eigenvalue weighted by Gasteiger charge is -2.37.